The van der Waals surface area contributed by atoms with E-state index in [0.717, 1.165) is 31.4 Å². The minimum atomic E-state index is -4.63. The van der Waals surface area contributed by atoms with Crippen molar-refractivity contribution in [2.24, 2.45) is 0 Å². The van der Waals surface area contributed by atoms with Gasteiger partial charge in [-0.2, -0.15) is 13.2 Å². The fourth-order valence-electron chi connectivity index (χ4n) is 2.70. The molecular weight excluding hydrogens is 246 g/mol. The van der Waals surface area contributed by atoms with Gasteiger partial charge in [-0.05, 0) is 43.5 Å². The van der Waals surface area contributed by atoms with Crippen molar-refractivity contribution in [3.8, 4) is 0 Å². The third kappa shape index (κ3) is 2.51. The smallest absolute Gasteiger partial charge is 0.316 e. The van der Waals surface area contributed by atoms with E-state index in [-0.39, 0.29) is 12.0 Å². The van der Waals surface area contributed by atoms with Crippen LogP contribution in [0.1, 0.15) is 36.3 Å². The number of hydrogen-bond donors (Lipinski definition) is 1. The monoisotopic (exact) mass is 261 g/mol. The van der Waals surface area contributed by atoms with Crippen LogP contribution in [0.2, 0.25) is 0 Å². The van der Waals surface area contributed by atoms with Crippen molar-refractivity contribution >= 4 is 0 Å². The SMILES string of the molecule is CNC1CCCC1c1ccc(F)c(C(F)(F)F)c1. The zero-order valence-corrected chi connectivity index (χ0v) is 10.0. The van der Waals surface area contributed by atoms with E-state index in [0.29, 0.717) is 5.56 Å². The molecule has 0 saturated heterocycles. The van der Waals surface area contributed by atoms with Gasteiger partial charge in [-0.25, -0.2) is 4.39 Å². The highest BCUT2D eigenvalue weighted by molar-refractivity contribution is 5.31. The summed E-state index contributed by atoms with van der Waals surface area (Å²) in [5.41, 5.74) is -0.595. The number of rotatable bonds is 2. The molecule has 2 unspecified atom stereocenters. The second kappa shape index (κ2) is 4.88. The van der Waals surface area contributed by atoms with Gasteiger partial charge in [0.2, 0.25) is 0 Å². The van der Waals surface area contributed by atoms with Gasteiger partial charge in [0.15, 0.2) is 0 Å². The number of nitrogens with one attached hydrogen (secondary N) is 1. The van der Waals surface area contributed by atoms with E-state index in [1.54, 1.807) is 7.05 Å². The zero-order valence-electron chi connectivity index (χ0n) is 10.0. The molecule has 2 atom stereocenters. The predicted molar refractivity (Wildman–Crippen MR) is 60.8 cm³/mol. The third-order valence-electron chi connectivity index (χ3n) is 3.61. The molecule has 18 heavy (non-hydrogen) atoms. The van der Waals surface area contributed by atoms with Crippen molar-refractivity contribution in [1.82, 2.24) is 5.32 Å². The molecule has 1 aromatic rings. The second-order valence-corrected chi connectivity index (χ2v) is 4.67. The summed E-state index contributed by atoms with van der Waals surface area (Å²) >= 11 is 0. The lowest BCUT2D eigenvalue weighted by Crippen LogP contribution is -2.27. The Hall–Kier alpha value is -1.10. The topological polar surface area (TPSA) is 12.0 Å². The molecular formula is C13H15F4N. The summed E-state index contributed by atoms with van der Waals surface area (Å²) in [5, 5.41) is 3.11. The van der Waals surface area contributed by atoms with E-state index in [1.165, 1.54) is 6.07 Å². The quantitative estimate of drug-likeness (QED) is 0.800. The molecule has 0 heterocycles. The number of alkyl halides is 3. The number of benzene rings is 1. The molecule has 0 amide bonds. The molecule has 0 radical (unpaired) electrons. The van der Waals surface area contributed by atoms with Gasteiger partial charge in [-0.3, -0.25) is 0 Å². The summed E-state index contributed by atoms with van der Waals surface area (Å²) in [6, 6.07) is 3.51. The first-order valence-corrected chi connectivity index (χ1v) is 5.97. The van der Waals surface area contributed by atoms with E-state index in [9.17, 15) is 17.6 Å². The number of halogens is 4. The molecule has 100 valence electrons. The molecule has 1 N–H and O–H groups in total. The van der Waals surface area contributed by atoms with Gasteiger partial charge in [0.05, 0.1) is 5.56 Å². The lowest BCUT2D eigenvalue weighted by molar-refractivity contribution is -0.140. The average molecular weight is 261 g/mol. The number of hydrogen-bond acceptors (Lipinski definition) is 1. The van der Waals surface area contributed by atoms with E-state index in [2.05, 4.69) is 5.32 Å². The van der Waals surface area contributed by atoms with Crippen LogP contribution in [-0.4, -0.2) is 13.1 Å². The first kappa shape index (κ1) is 13.3. The molecule has 1 fully saturated rings. The van der Waals surface area contributed by atoms with Crippen molar-refractivity contribution in [3.05, 3.63) is 35.1 Å². The minimum Gasteiger partial charge on any atom is -0.316 e. The fourth-order valence-corrected chi connectivity index (χ4v) is 2.70. The molecule has 0 aromatic heterocycles. The van der Waals surface area contributed by atoms with E-state index >= 15 is 0 Å². The van der Waals surface area contributed by atoms with Gasteiger partial charge in [-0.1, -0.05) is 12.5 Å². The van der Waals surface area contributed by atoms with Crippen LogP contribution in [-0.2, 0) is 6.18 Å². The zero-order chi connectivity index (χ0) is 13.3. The molecule has 5 heteroatoms. The van der Waals surface area contributed by atoms with Crippen LogP contribution in [0, 0.1) is 5.82 Å². The Morgan fingerprint density at radius 2 is 1.94 bits per heavy atom. The summed E-state index contributed by atoms with van der Waals surface area (Å²) in [6.07, 6.45) is -1.86. The van der Waals surface area contributed by atoms with E-state index < -0.39 is 17.6 Å². The fraction of sp³-hybridized carbons (Fsp3) is 0.538. The molecule has 0 aliphatic heterocycles. The minimum absolute atomic E-state index is 0.0386. The summed E-state index contributed by atoms with van der Waals surface area (Å²) < 4.78 is 51.1. The van der Waals surface area contributed by atoms with Crippen LogP contribution < -0.4 is 5.32 Å². The van der Waals surface area contributed by atoms with Gasteiger partial charge in [-0.15, -0.1) is 0 Å². The summed E-state index contributed by atoms with van der Waals surface area (Å²) in [5.74, 6) is -1.16. The molecule has 1 aromatic carbocycles. The van der Waals surface area contributed by atoms with Crippen LogP contribution in [0.25, 0.3) is 0 Å². The normalized spacial score (nSPS) is 24.5. The van der Waals surface area contributed by atoms with Crippen molar-refractivity contribution in [2.75, 3.05) is 7.05 Å². The molecule has 1 aliphatic carbocycles. The molecule has 2 rings (SSSR count). The van der Waals surface area contributed by atoms with Gasteiger partial charge in [0.25, 0.3) is 0 Å². The maximum absolute atomic E-state index is 13.2. The average Bonchev–Trinajstić information content (AvgIpc) is 2.76. The van der Waals surface area contributed by atoms with Crippen LogP contribution >= 0.6 is 0 Å². The van der Waals surface area contributed by atoms with Crippen LogP contribution in [0.15, 0.2) is 18.2 Å². The van der Waals surface area contributed by atoms with Gasteiger partial charge in [0, 0.05) is 6.04 Å². The van der Waals surface area contributed by atoms with Crippen molar-refractivity contribution < 1.29 is 17.6 Å². The highest BCUT2D eigenvalue weighted by Gasteiger charge is 2.36. The molecule has 0 spiro atoms. The van der Waals surface area contributed by atoms with Gasteiger partial charge >= 0.3 is 6.18 Å². The molecule has 1 nitrogen and oxygen atoms in total. The Morgan fingerprint density at radius 1 is 1.22 bits per heavy atom. The lowest BCUT2D eigenvalue weighted by Gasteiger charge is -2.20. The maximum Gasteiger partial charge on any atom is 0.419 e. The summed E-state index contributed by atoms with van der Waals surface area (Å²) in [6.45, 7) is 0. The van der Waals surface area contributed by atoms with Gasteiger partial charge < -0.3 is 5.32 Å². The first-order chi connectivity index (χ1) is 8.43. The lowest BCUT2D eigenvalue weighted by atomic mass is 9.92. The number of likely N-dealkylation sites (N-methyl/N-ethyl adjacent to an activating group) is 1. The summed E-state index contributed by atoms with van der Waals surface area (Å²) in [4.78, 5) is 0. The van der Waals surface area contributed by atoms with E-state index in [4.69, 9.17) is 0 Å². The summed E-state index contributed by atoms with van der Waals surface area (Å²) in [7, 11) is 1.80. The standard InChI is InChI=1S/C13H15F4N/c1-18-12-4-2-3-9(12)8-5-6-11(14)10(7-8)13(15,16)17/h5-7,9,12,18H,2-4H2,1H3. The Balaban J connectivity index is 2.35. The van der Waals surface area contributed by atoms with Crippen molar-refractivity contribution in [2.45, 2.75) is 37.4 Å². The molecule has 1 aliphatic rings. The Bertz CT molecular complexity index is 427. The van der Waals surface area contributed by atoms with Crippen molar-refractivity contribution in [1.29, 1.82) is 0 Å². The van der Waals surface area contributed by atoms with Gasteiger partial charge in [0.1, 0.15) is 5.82 Å². The highest BCUT2D eigenvalue weighted by atomic mass is 19.4. The van der Waals surface area contributed by atoms with Crippen LogP contribution in [0.4, 0.5) is 17.6 Å². The first-order valence-electron chi connectivity index (χ1n) is 5.97. The Morgan fingerprint density at radius 3 is 2.56 bits per heavy atom. The van der Waals surface area contributed by atoms with Crippen LogP contribution in [0.3, 0.4) is 0 Å². The van der Waals surface area contributed by atoms with E-state index in [1.807, 2.05) is 0 Å². The second-order valence-electron chi connectivity index (χ2n) is 4.67. The molecule has 0 bridgehead atoms. The maximum atomic E-state index is 13.2. The highest BCUT2D eigenvalue weighted by Crippen LogP contribution is 2.38. The van der Waals surface area contributed by atoms with Crippen molar-refractivity contribution in [3.63, 3.8) is 0 Å². The Labute approximate surface area is 103 Å². The third-order valence-corrected chi connectivity index (χ3v) is 3.61. The Kier molecular flexibility index (Phi) is 3.61. The predicted octanol–water partition coefficient (Wildman–Crippen LogP) is 3.70. The largest absolute Gasteiger partial charge is 0.419 e. The molecule has 1 saturated carbocycles. The van der Waals surface area contributed by atoms with Crippen LogP contribution in [0.5, 0.6) is 0 Å².